The number of nitrogens with zero attached hydrogens (tertiary/aromatic N) is 4. The van der Waals surface area contributed by atoms with Gasteiger partial charge in [0.05, 0.1) is 0 Å². The van der Waals surface area contributed by atoms with Gasteiger partial charge in [0, 0.05) is 64.7 Å². The van der Waals surface area contributed by atoms with E-state index in [9.17, 15) is 14.4 Å². The number of hydrogen-bond acceptors (Lipinski definition) is 3. The highest BCUT2D eigenvalue weighted by molar-refractivity contribution is 5.79. The van der Waals surface area contributed by atoms with E-state index in [4.69, 9.17) is 0 Å². The molecular formula is C24H38N4O3. The topological polar surface area (TPSA) is 64.2 Å². The van der Waals surface area contributed by atoms with E-state index >= 15 is 0 Å². The first-order valence-electron chi connectivity index (χ1n) is 12.7. The predicted molar refractivity (Wildman–Crippen MR) is 117 cm³/mol. The Morgan fingerprint density at radius 1 is 0.839 bits per heavy atom. The lowest BCUT2D eigenvalue weighted by Crippen LogP contribution is -2.63. The van der Waals surface area contributed by atoms with E-state index in [1.54, 1.807) is 0 Å². The van der Waals surface area contributed by atoms with E-state index in [-0.39, 0.29) is 11.9 Å². The van der Waals surface area contributed by atoms with Crippen LogP contribution in [0.5, 0.6) is 0 Å². The largest absolute Gasteiger partial charge is 0.339 e. The first-order chi connectivity index (χ1) is 15.1. The Balaban J connectivity index is 1.11. The monoisotopic (exact) mass is 430 g/mol. The second-order valence-electron chi connectivity index (χ2n) is 10.6. The van der Waals surface area contributed by atoms with Crippen molar-refractivity contribution in [3.05, 3.63) is 0 Å². The van der Waals surface area contributed by atoms with E-state index in [1.165, 1.54) is 25.7 Å². The lowest BCUT2D eigenvalue weighted by molar-refractivity contribution is -0.144. The number of piperidine rings is 3. The number of fused-ring (bicyclic) bond motifs is 4. The van der Waals surface area contributed by atoms with Crippen LogP contribution in [0.25, 0.3) is 0 Å². The standard InChI is InChI=1S/C24H38N4O3/c29-22(9-8-18-4-1-2-5-18)25-10-12-26(13-11-25)24(31)27-15-19-14-20(17-27)21-6-3-7-23(30)28(21)16-19/h18-21H,1-17H2/t19-,20-,21-/m1/s1. The summed E-state index contributed by atoms with van der Waals surface area (Å²) in [6.45, 7) is 5.01. The number of piperazine rings is 1. The molecule has 0 spiro atoms. The minimum atomic E-state index is 0.142. The van der Waals surface area contributed by atoms with Gasteiger partial charge in [-0.05, 0) is 43.4 Å². The van der Waals surface area contributed by atoms with Gasteiger partial charge in [0.25, 0.3) is 0 Å². The molecule has 4 amide bonds. The van der Waals surface area contributed by atoms with Crippen molar-refractivity contribution in [3.63, 3.8) is 0 Å². The van der Waals surface area contributed by atoms with Crippen LogP contribution in [0, 0.1) is 17.8 Å². The zero-order valence-corrected chi connectivity index (χ0v) is 18.8. The van der Waals surface area contributed by atoms with Gasteiger partial charge >= 0.3 is 6.03 Å². The Kier molecular flexibility index (Phi) is 6.11. The van der Waals surface area contributed by atoms with Crippen LogP contribution in [0.4, 0.5) is 4.79 Å². The molecule has 4 saturated heterocycles. The van der Waals surface area contributed by atoms with Crippen molar-refractivity contribution in [3.8, 4) is 0 Å². The van der Waals surface area contributed by atoms with Gasteiger partial charge in [-0.1, -0.05) is 25.7 Å². The maximum atomic E-state index is 13.3. The third kappa shape index (κ3) is 4.42. The predicted octanol–water partition coefficient (Wildman–Crippen LogP) is 2.55. The van der Waals surface area contributed by atoms with Gasteiger partial charge in [-0.3, -0.25) is 9.59 Å². The van der Waals surface area contributed by atoms with Gasteiger partial charge in [0.2, 0.25) is 11.8 Å². The molecule has 5 aliphatic rings. The first-order valence-corrected chi connectivity index (χ1v) is 12.7. The van der Waals surface area contributed by atoms with Crippen molar-refractivity contribution in [2.75, 3.05) is 45.8 Å². The number of rotatable bonds is 3. The van der Waals surface area contributed by atoms with E-state index in [2.05, 4.69) is 4.90 Å². The first kappa shape index (κ1) is 21.1. The molecule has 1 aliphatic carbocycles. The number of likely N-dealkylation sites (tertiary alicyclic amines) is 1. The number of urea groups is 1. The summed E-state index contributed by atoms with van der Waals surface area (Å²) in [5, 5.41) is 0. The maximum absolute atomic E-state index is 13.3. The van der Waals surface area contributed by atoms with Crippen LogP contribution in [0.1, 0.15) is 64.2 Å². The normalized spacial score (nSPS) is 31.7. The molecule has 31 heavy (non-hydrogen) atoms. The van der Waals surface area contributed by atoms with E-state index in [0.717, 1.165) is 51.2 Å². The van der Waals surface area contributed by atoms with E-state index in [1.807, 2.05) is 14.7 Å². The smallest absolute Gasteiger partial charge is 0.320 e. The average molecular weight is 431 g/mol. The Hall–Kier alpha value is -1.79. The minimum absolute atomic E-state index is 0.142. The molecule has 7 heteroatoms. The third-order valence-corrected chi connectivity index (χ3v) is 8.59. The highest BCUT2D eigenvalue weighted by Gasteiger charge is 2.45. The summed E-state index contributed by atoms with van der Waals surface area (Å²) in [4.78, 5) is 46.3. The molecule has 0 aromatic heterocycles. The summed E-state index contributed by atoms with van der Waals surface area (Å²) in [7, 11) is 0. The zero-order valence-electron chi connectivity index (χ0n) is 18.8. The summed E-state index contributed by atoms with van der Waals surface area (Å²) in [5.41, 5.74) is 0. The van der Waals surface area contributed by atoms with Gasteiger partial charge in [-0.2, -0.15) is 0 Å². The second kappa shape index (κ2) is 8.99. The average Bonchev–Trinajstić information content (AvgIpc) is 3.31. The molecule has 0 unspecified atom stereocenters. The molecule has 1 saturated carbocycles. The van der Waals surface area contributed by atoms with Gasteiger partial charge in [0.15, 0.2) is 0 Å². The Labute approximate surface area is 186 Å². The lowest BCUT2D eigenvalue weighted by Gasteiger charge is -2.53. The van der Waals surface area contributed by atoms with Crippen LogP contribution in [0.15, 0.2) is 0 Å². The van der Waals surface area contributed by atoms with Crippen molar-refractivity contribution in [2.45, 2.75) is 70.3 Å². The highest BCUT2D eigenvalue weighted by Crippen LogP contribution is 2.38. The summed E-state index contributed by atoms with van der Waals surface area (Å²) in [6, 6.07) is 0.478. The van der Waals surface area contributed by atoms with Crippen molar-refractivity contribution in [1.29, 1.82) is 0 Å². The maximum Gasteiger partial charge on any atom is 0.320 e. The van der Waals surface area contributed by atoms with Crippen LogP contribution >= 0.6 is 0 Å². The number of amides is 4. The van der Waals surface area contributed by atoms with Crippen molar-refractivity contribution < 1.29 is 14.4 Å². The van der Waals surface area contributed by atoms with Crippen LogP contribution in [0.2, 0.25) is 0 Å². The molecule has 0 radical (unpaired) electrons. The summed E-state index contributed by atoms with van der Waals surface area (Å²) in [5.74, 6) is 2.19. The van der Waals surface area contributed by atoms with Crippen molar-refractivity contribution >= 4 is 17.8 Å². The molecular weight excluding hydrogens is 392 g/mol. The summed E-state index contributed by atoms with van der Waals surface area (Å²) >= 11 is 0. The fraction of sp³-hybridized carbons (Fsp3) is 0.875. The van der Waals surface area contributed by atoms with Crippen LogP contribution in [0.3, 0.4) is 0 Å². The van der Waals surface area contributed by atoms with Crippen LogP contribution in [-0.2, 0) is 9.59 Å². The number of hydrogen-bond donors (Lipinski definition) is 0. The van der Waals surface area contributed by atoms with E-state index < -0.39 is 0 Å². The zero-order chi connectivity index (χ0) is 21.4. The molecule has 4 heterocycles. The molecule has 0 N–H and O–H groups in total. The second-order valence-corrected chi connectivity index (χ2v) is 10.6. The fourth-order valence-electron chi connectivity index (χ4n) is 6.90. The number of carbonyl (C=O) groups excluding carboxylic acids is 3. The van der Waals surface area contributed by atoms with Crippen molar-refractivity contribution in [1.82, 2.24) is 19.6 Å². The third-order valence-electron chi connectivity index (χ3n) is 8.59. The molecule has 0 aromatic rings. The fourth-order valence-corrected chi connectivity index (χ4v) is 6.90. The van der Waals surface area contributed by atoms with Gasteiger partial charge in [-0.25, -0.2) is 4.79 Å². The quantitative estimate of drug-likeness (QED) is 0.691. The van der Waals surface area contributed by atoms with E-state index in [0.29, 0.717) is 62.8 Å². The van der Waals surface area contributed by atoms with Gasteiger partial charge in [0.1, 0.15) is 0 Å². The molecule has 5 fully saturated rings. The molecule has 4 aliphatic heterocycles. The molecule has 2 bridgehead atoms. The van der Waals surface area contributed by atoms with Gasteiger partial charge < -0.3 is 19.6 Å². The lowest BCUT2D eigenvalue weighted by atomic mass is 9.76. The highest BCUT2D eigenvalue weighted by atomic mass is 16.2. The molecule has 172 valence electrons. The van der Waals surface area contributed by atoms with Crippen LogP contribution < -0.4 is 0 Å². The van der Waals surface area contributed by atoms with Gasteiger partial charge in [-0.15, -0.1) is 0 Å². The van der Waals surface area contributed by atoms with Crippen LogP contribution in [-0.4, -0.2) is 89.3 Å². The SMILES string of the molecule is O=C(CCC1CCCC1)N1CCN(C(=O)N2C[C@H]3C[C@H](C2)[C@H]2CCCC(=O)N2C3)CC1. The number of carbonyl (C=O) groups is 3. The summed E-state index contributed by atoms with van der Waals surface area (Å²) in [6.07, 6.45) is 10.9. The Morgan fingerprint density at radius 2 is 1.58 bits per heavy atom. The minimum Gasteiger partial charge on any atom is -0.339 e. The molecule has 0 aromatic carbocycles. The Bertz CT molecular complexity index is 699. The van der Waals surface area contributed by atoms with Crippen molar-refractivity contribution in [2.24, 2.45) is 17.8 Å². The summed E-state index contributed by atoms with van der Waals surface area (Å²) < 4.78 is 0. The Morgan fingerprint density at radius 3 is 2.35 bits per heavy atom. The molecule has 3 atom stereocenters. The molecule has 7 nitrogen and oxygen atoms in total. The molecule has 5 rings (SSSR count).